The molecule has 1 saturated carbocycles. The van der Waals surface area contributed by atoms with E-state index in [0.717, 1.165) is 42.9 Å². The second kappa shape index (κ2) is 8.31. The van der Waals surface area contributed by atoms with Gasteiger partial charge in [0.1, 0.15) is 11.5 Å². The molecular formula is C21H25N5O2. The van der Waals surface area contributed by atoms with Gasteiger partial charge in [-0.3, -0.25) is 10.1 Å². The summed E-state index contributed by atoms with van der Waals surface area (Å²) in [4.78, 5) is 16.6. The molecule has 1 heterocycles. The van der Waals surface area contributed by atoms with E-state index in [1.54, 1.807) is 0 Å². The van der Waals surface area contributed by atoms with Gasteiger partial charge in [0.15, 0.2) is 12.2 Å². The summed E-state index contributed by atoms with van der Waals surface area (Å²) in [6, 6.07) is 17.2. The van der Waals surface area contributed by atoms with Crippen LogP contribution in [0.4, 0.5) is 5.69 Å². The normalized spacial score (nSPS) is 24.8. The molecule has 5 N–H and O–H groups in total. The van der Waals surface area contributed by atoms with Crippen LogP contribution in [0, 0.1) is 5.92 Å². The molecule has 0 bridgehead atoms. The van der Waals surface area contributed by atoms with E-state index in [9.17, 15) is 4.79 Å². The lowest BCUT2D eigenvalue weighted by atomic mass is 9.83. The van der Waals surface area contributed by atoms with Crippen molar-refractivity contribution in [1.82, 2.24) is 10.6 Å². The number of carbonyl (C=O) groups is 1. The number of ether oxygens (including phenoxy) is 1. The number of anilines is 1. The van der Waals surface area contributed by atoms with Gasteiger partial charge in [0, 0.05) is 11.7 Å². The number of benzene rings is 2. The maximum Gasteiger partial charge on any atom is 0.227 e. The Morgan fingerprint density at radius 1 is 1.04 bits per heavy atom. The predicted molar refractivity (Wildman–Crippen MR) is 109 cm³/mol. The van der Waals surface area contributed by atoms with Crippen molar-refractivity contribution in [3.8, 4) is 11.5 Å². The molecule has 28 heavy (non-hydrogen) atoms. The zero-order valence-electron chi connectivity index (χ0n) is 15.6. The van der Waals surface area contributed by atoms with E-state index in [4.69, 9.17) is 10.5 Å². The second-order valence-electron chi connectivity index (χ2n) is 7.15. The SMILES string of the molecule is N/C(=N\C1NC(=O)C2CCCCC2N1)Nc1ccc(Oc2ccccc2)cc1. The number of amides is 1. The Hall–Kier alpha value is -3.06. The average molecular weight is 379 g/mol. The van der Waals surface area contributed by atoms with Crippen molar-refractivity contribution in [2.75, 3.05) is 5.32 Å². The molecule has 146 valence electrons. The molecule has 7 nitrogen and oxygen atoms in total. The lowest BCUT2D eigenvalue weighted by Crippen LogP contribution is -2.61. The summed E-state index contributed by atoms with van der Waals surface area (Å²) in [5, 5.41) is 9.32. The molecule has 3 atom stereocenters. The summed E-state index contributed by atoms with van der Waals surface area (Å²) in [6.07, 6.45) is 3.69. The van der Waals surface area contributed by atoms with Gasteiger partial charge in [0.2, 0.25) is 5.91 Å². The van der Waals surface area contributed by atoms with Gasteiger partial charge in [-0.2, -0.15) is 0 Å². The Bertz CT molecular complexity index is 838. The lowest BCUT2D eigenvalue weighted by Gasteiger charge is -2.38. The van der Waals surface area contributed by atoms with E-state index >= 15 is 0 Å². The van der Waals surface area contributed by atoms with Crippen LogP contribution in [-0.4, -0.2) is 24.2 Å². The maximum absolute atomic E-state index is 12.3. The Kier molecular flexibility index (Phi) is 5.43. The summed E-state index contributed by atoms with van der Waals surface area (Å²) in [7, 11) is 0. The number of nitrogens with zero attached hydrogens (tertiary/aromatic N) is 1. The first kappa shape index (κ1) is 18.3. The van der Waals surface area contributed by atoms with Crippen LogP contribution in [0.1, 0.15) is 25.7 Å². The van der Waals surface area contributed by atoms with Crippen LogP contribution in [0.15, 0.2) is 59.6 Å². The zero-order valence-corrected chi connectivity index (χ0v) is 15.6. The molecule has 0 spiro atoms. The number of guanidine groups is 1. The standard InChI is InChI=1S/C21H25N5O2/c22-20(26-21-24-18-9-5-4-8-17(18)19(27)25-21)23-14-10-12-16(13-11-14)28-15-6-2-1-3-7-15/h1-3,6-7,10-13,17-18,21,24H,4-5,8-9H2,(H,25,27)(H3,22,23,26). The van der Waals surface area contributed by atoms with Crippen molar-refractivity contribution >= 4 is 17.6 Å². The third-order valence-electron chi connectivity index (χ3n) is 5.13. The number of hydrogen-bond donors (Lipinski definition) is 4. The van der Waals surface area contributed by atoms with Crippen LogP contribution in [0.3, 0.4) is 0 Å². The van der Waals surface area contributed by atoms with Crippen molar-refractivity contribution in [3.05, 3.63) is 54.6 Å². The third-order valence-corrected chi connectivity index (χ3v) is 5.13. The summed E-state index contributed by atoms with van der Waals surface area (Å²) >= 11 is 0. The summed E-state index contributed by atoms with van der Waals surface area (Å²) < 4.78 is 5.78. The molecule has 2 aliphatic rings. The van der Waals surface area contributed by atoms with E-state index in [0.29, 0.717) is 0 Å². The number of nitrogens with one attached hydrogen (secondary N) is 3. The van der Waals surface area contributed by atoms with Gasteiger partial charge < -0.3 is 21.1 Å². The average Bonchev–Trinajstić information content (AvgIpc) is 2.70. The minimum absolute atomic E-state index is 0.0477. The number of nitrogens with two attached hydrogens (primary N) is 1. The van der Waals surface area contributed by atoms with E-state index in [1.807, 2.05) is 54.6 Å². The summed E-state index contributed by atoms with van der Waals surface area (Å²) in [6.45, 7) is 0. The van der Waals surface area contributed by atoms with Crippen molar-refractivity contribution in [3.63, 3.8) is 0 Å². The molecule has 2 aromatic rings. The van der Waals surface area contributed by atoms with E-state index < -0.39 is 6.29 Å². The fourth-order valence-corrected chi connectivity index (χ4v) is 3.75. The summed E-state index contributed by atoms with van der Waals surface area (Å²) in [5.41, 5.74) is 6.82. The fraction of sp³-hybridized carbons (Fsp3) is 0.333. The predicted octanol–water partition coefficient (Wildman–Crippen LogP) is 2.77. The fourth-order valence-electron chi connectivity index (χ4n) is 3.75. The smallest absolute Gasteiger partial charge is 0.227 e. The first-order chi connectivity index (χ1) is 13.7. The second-order valence-corrected chi connectivity index (χ2v) is 7.15. The van der Waals surface area contributed by atoms with Crippen LogP contribution in [0.5, 0.6) is 11.5 Å². The van der Waals surface area contributed by atoms with E-state index in [-0.39, 0.29) is 23.8 Å². The molecule has 2 fully saturated rings. The van der Waals surface area contributed by atoms with Crippen molar-refractivity contribution in [2.45, 2.75) is 38.0 Å². The molecule has 7 heteroatoms. The Morgan fingerprint density at radius 2 is 1.75 bits per heavy atom. The van der Waals surface area contributed by atoms with E-state index in [2.05, 4.69) is 20.9 Å². The highest BCUT2D eigenvalue weighted by Gasteiger charge is 2.37. The number of para-hydroxylation sites is 1. The van der Waals surface area contributed by atoms with Gasteiger partial charge >= 0.3 is 0 Å². The highest BCUT2D eigenvalue weighted by atomic mass is 16.5. The number of rotatable bonds is 4. The van der Waals surface area contributed by atoms with Crippen LogP contribution < -0.4 is 26.4 Å². The zero-order chi connectivity index (χ0) is 19.3. The number of fused-ring (bicyclic) bond motifs is 1. The first-order valence-electron chi connectivity index (χ1n) is 9.67. The largest absolute Gasteiger partial charge is 0.457 e. The van der Waals surface area contributed by atoms with Crippen molar-refractivity contribution in [2.24, 2.45) is 16.6 Å². The maximum atomic E-state index is 12.3. The highest BCUT2D eigenvalue weighted by Crippen LogP contribution is 2.27. The number of aliphatic imine (C=N–C) groups is 1. The van der Waals surface area contributed by atoms with Crippen LogP contribution in [0.2, 0.25) is 0 Å². The Balaban J connectivity index is 1.35. The summed E-state index contributed by atoms with van der Waals surface area (Å²) in [5.74, 6) is 1.86. The molecule has 1 aliphatic heterocycles. The minimum Gasteiger partial charge on any atom is -0.457 e. The van der Waals surface area contributed by atoms with E-state index in [1.165, 1.54) is 0 Å². The van der Waals surface area contributed by atoms with Gasteiger partial charge in [-0.05, 0) is 49.2 Å². The molecule has 0 aromatic heterocycles. The number of carbonyl (C=O) groups excluding carboxylic acids is 1. The van der Waals surface area contributed by atoms with Gasteiger partial charge in [-0.15, -0.1) is 0 Å². The lowest BCUT2D eigenvalue weighted by molar-refractivity contribution is -0.130. The topological polar surface area (TPSA) is 101 Å². The molecule has 3 unspecified atom stereocenters. The molecular weight excluding hydrogens is 354 g/mol. The minimum atomic E-state index is -0.500. The van der Waals surface area contributed by atoms with Crippen LogP contribution in [-0.2, 0) is 4.79 Å². The Labute approximate surface area is 164 Å². The number of hydrogen-bond acceptors (Lipinski definition) is 4. The van der Waals surface area contributed by atoms with Crippen LogP contribution in [0.25, 0.3) is 0 Å². The van der Waals surface area contributed by atoms with Gasteiger partial charge in [-0.25, -0.2) is 4.99 Å². The van der Waals surface area contributed by atoms with Gasteiger partial charge in [-0.1, -0.05) is 31.0 Å². The molecule has 0 radical (unpaired) electrons. The van der Waals surface area contributed by atoms with Crippen molar-refractivity contribution < 1.29 is 9.53 Å². The quantitative estimate of drug-likeness (QED) is 0.483. The van der Waals surface area contributed by atoms with Gasteiger partial charge in [0.25, 0.3) is 0 Å². The molecule has 4 rings (SSSR count). The van der Waals surface area contributed by atoms with Gasteiger partial charge in [0.05, 0.1) is 5.92 Å². The molecule has 2 aromatic carbocycles. The molecule has 1 saturated heterocycles. The van der Waals surface area contributed by atoms with Crippen molar-refractivity contribution in [1.29, 1.82) is 0 Å². The Morgan fingerprint density at radius 3 is 2.54 bits per heavy atom. The first-order valence-corrected chi connectivity index (χ1v) is 9.67. The molecule has 1 aliphatic carbocycles. The monoisotopic (exact) mass is 379 g/mol. The van der Waals surface area contributed by atoms with Crippen LogP contribution >= 0.6 is 0 Å². The molecule has 1 amide bonds. The third kappa shape index (κ3) is 4.43. The highest BCUT2D eigenvalue weighted by molar-refractivity contribution is 5.92.